The molecule has 1 amide bonds. The molecule has 3 rings (SSSR count). The van der Waals surface area contributed by atoms with E-state index in [1.54, 1.807) is 29.3 Å². The number of anilines is 2. The first-order valence-electron chi connectivity index (χ1n) is 8.56. The molecule has 0 bridgehead atoms. The number of carbonyl (C=O) groups is 1. The van der Waals surface area contributed by atoms with Crippen molar-refractivity contribution >= 4 is 17.3 Å². The topological polar surface area (TPSA) is 48.5 Å². The van der Waals surface area contributed by atoms with E-state index in [9.17, 15) is 9.18 Å². The summed E-state index contributed by atoms with van der Waals surface area (Å²) in [6, 6.07) is 10.7. The lowest BCUT2D eigenvalue weighted by Gasteiger charge is -2.36. The number of carbonyl (C=O) groups excluding carboxylic acids is 1. The molecule has 25 heavy (non-hydrogen) atoms. The van der Waals surface area contributed by atoms with Gasteiger partial charge in [0.2, 0.25) is 0 Å². The van der Waals surface area contributed by atoms with Crippen molar-refractivity contribution in [2.45, 2.75) is 19.9 Å². The normalized spacial score (nSPS) is 14.7. The molecule has 1 aliphatic heterocycles. The van der Waals surface area contributed by atoms with Crippen molar-refractivity contribution in [3.8, 4) is 0 Å². The second kappa shape index (κ2) is 7.51. The third-order valence-electron chi connectivity index (χ3n) is 4.19. The molecule has 1 aromatic heterocycles. The summed E-state index contributed by atoms with van der Waals surface area (Å²) in [6.45, 7) is 6.41. The number of rotatable bonds is 4. The highest BCUT2D eigenvalue weighted by molar-refractivity contribution is 5.93. The maximum Gasteiger partial charge on any atom is 0.272 e. The molecule has 0 spiro atoms. The maximum absolute atomic E-state index is 13.9. The van der Waals surface area contributed by atoms with Crippen molar-refractivity contribution in [2.75, 3.05) is 36.4 Å². The van der Waals surface area contributed by atoms with Crippen molar-refractivity contribution in [3.05, 3.63) is 54.1 Å². The van der Waals surface area contributed by atoms with Gasteiger partial charge in [-0.3, -0.25) is 9.78 Å². The number of nitrogens with one attached hydrogen (secondary N) is 1. The van der Waals surface area contributed by atoms with Gasteiger partial charge in [-0.1, -0.05) is 12.1 Å². The average molecular weight is 342 g/mol. The zero-order valence-corrected chi connectivity index (χ0v) is 14.6. The molecular weight excluding hydrogens is 319 g/mol. The molecule has 0 aliphatic carbocycles. The van der Waals surface area contributed by atoms with Gasteiger partial charge in [0.1, 0.15) is 11.5 Å². The number of pyridine rings is 1. The molecule has 132 valence electrons. The number of aromatic nitrogens is 1. The van der Waals surface area contributed by atoms with Crippen LogP contribution in [0, 0.1) is 5.82 Å². The molecule has 1 fully saturated rings. The van der Waals surface area contributed by atoms with Gasteiger partial charge >= 0.3 is 0 Å². The number of para-hydroxylation sites is 1. The predicted octanol–water partition coefficient (Wildman–Crippen LogP) is 3.00. The average Bonchev–Trinajstić information content (AvgIpc) is 2.61. The number of hydrogen-bond donors (Lipinski definition) is 1. The van der Waals surface area contributed by atoms with E-state index in [-0.39, 0.29) is 17.8 Å². The molecule has 1 aromatic carbocycles. The lowest BCUT2D eigenvalue weighted by Crippen LogP contribution is -2.49. The molecule has 1 aliphatic rings. The summed E-state index contributed by atoms with van der Waals surface area (Å²) in [5.41, 5.74) is 1.92. The number of amides is 1. The Kier molecular flexibility index (Phi) is 5.16. The minimum absolute atomic E-state index is 0.0828. The van der Waals surface area contributed by atoms with Gasteiger partial charge in [0, 0.05) is 44.1 Å². The summed E-state index contributed by atoms with van der Waals surface area (Å²) in [4.78, 5) is 20.7. The van der Waals surface area contributed by atoms with Crippen LogP contribution in [0.15, 0.2) is 42.6 Å². The highest BCUT2D eigenvalue weighted by Crippen LogP contribution is 2.21. The van der Waals surface area contributed by atoms with Crippen molar-refractivity contribution in [1.82, 2.24) is 9.88 Å². The minimum atomic E-state index is -0.226. The van der Waals surface area contributed by atoms with Crippen molar-refractivity contribution < 1.29 is 9.18 Å². The van der Waals surface area contributed by atoms with E-state index in [0.717, 1.165) is 5.69 Å². The molecule has 0 saturated carbocycles. The fourth-order valence-corrected chi connectivity index (χ4v) is 2.99. The first-order chi connectivity index (χ1) is 12.0. The van der Waals surface area contributed by atoms with Gasteiger partial charge in [0.05, 0.1) is 5.69 Å². The summed E-state index contributed by atoms with van der Waals surface area (Å²) in [5.74, 6) is -0.308. The van der Waals surface area contributed by atoms with Gasteiger partial charge in [-0.2, -0.15) is 0 Å². The second-order valence-electron chi connectivity index (χ2n) is 6.46. The Balaban J connectivity index is 1.65. The predicted molar refractivity (Wildman–Crippen MR) is 97.5 cm³/mol. The van der Waals surface area contributed by atoms with Gasteiger partial charge in [-0.25, -0.2) is 4.39 Å². The molecule has 1 saturated heterocycles. The van der Waals surface area contributed by atoms with Crippen LogP contribution in [0.3, 0.4) is 0 Å². The second-order valence-corrected chi connectivity index (χ2v) is 6.46. The molecule has 5 nitrogen and oxygen atoms in total. The van der Waals surface area contributed by atoms with Crippen LogP contribution in [0.25, 0.3) is 0 Å². The molecule has 0 unspecified atom stereocenters. The van der Waals surface area contributed by atoms with Crippen LogP contribution in [0.4, 0.5) is 15.8 Å². The molecule has 2 heterocycles. The van der Waals surface area contributed by atoms with E-state index in [0.29, 0.717) is 37.6 Å². The smallest absolute Gasteiger partial charge is 0.272 e. The monoisotopic (exact) mass is 342 g/mol. The maximum atomic E-state index is 13.9. The van der Waals surface area contributed by atoms with Gasteiger partial charge in [0.25, 0.3) is 5.91 Å². The highest BCUT2D eigenvalue weighted by atomic mass is 19.1. The fraction of sp³-hybridized carbons (Fsp3) is 0.368. The lowest BCUT2D eigenvalue weighted by atomic mass is 10.2. The van der Waals surface area contributed by atoms with Crippen LogP contribution >= 0.6 is 0 Å². The Morgan fingerprint density at radius 2 is 1.88 bits per heavy atom. The molecule has 2 aromatic rings. The first-order valence-corrected chi connectivity index (χ1v) is 8.56. The Labute approximate surface area is 147 Å². The molecule has 0 atom stereocenters. The van der Waals surface area contributed by atoms with Crippen LogP contribution < -0.4 is 10.2 Å². The summed E-state index contributed by atoms with van der Waals surface area (Å²) >= 11 is 0. The molecule has 1 N–H and O–H groups in total. The standard InChI is InChI=1S/C19H23FN4O/c1-14(2)22-15-7-8-21-17(13-15)19(25)24-11-9-23(10-12-24)18-6-4-3-5-16(18)20/h3-8,13-14H,9-12H2,1-2H3,(H,21,22). The minimum Gasteiger partial charge on any atom is -0.383 e. The molecule has 6 heteroatoms. The van der Waals surface area contributed by atoms with Crippen LogP contribution in [0.5, 0.6) is 0 Å². The number of piperazine rings is 1. The van der Waals surface area contributed by atoms with Crippen LogP contribution in [0.1, 0.15) is 24.3 Å². The van der Waals surface area contributed by atoms with Crippen molar-refractivity contribution in [1.29, 1.82) is 0 Å². The number of benzene rings is 1. The zero-order chi connectivity index (χ0) is 17.8. The van der Waals surface area contributed by atoms with Crippen LogP contribution in [0.2, 0.25) is 0 Å². The van der Waals surface area contributed by atoms with Gasteiger partial charge in [-0.15, -0.1) is 0 Å². The Morgan fingerprint density at radius 3 is 2.56 bits per heavy atom. The largest absolute Gasteiger partial charge is 0.383 e. The third kappa shape index (κ3) is 4.07. The van der Waals surface area contributed by atoms with E-state index in [2.05, 4.69) is 10.3 Å². The molecule has 0 radical (unpaired) electrons. The van der Waals surface area contributed by atoms with Gasteiger partial charge in [-0.05, 0) is 38.1 Å². The Bertz CT molecular complexity index is 742. The van der Waals surface area contributed by atoms with E-state index >= 15 is 0 Å². The van der Waals surface area contributed by atoms with Gasteiger partial charge < -0.3 is 15.1 Å². The highest BCUT2D eigenvalue weighted by Gasteiger charge is 2.24. The van der Waals surface area contributed by atoms with Crippen molar-refractivity contribution in [2.24, 2.45) is 0 Å². The molecular formula is C19H23FN4O. The SMILES string of the molecule is CC(C)Nc1ccnc(C(=O)N2CCN(c3ccccc3F)CC2)c1. The van der Waals surface area contributed by atoms with Crippen molar-refractivity contribution in [3.63, 3.8) is 0 Å². The number of nitrogens with zero attached hydrogens (tertiary/aromatic N) is 3. The van der Waals surface area contributed by atoms with E-state index in [4.69, 9.17) is 0 Å². The lowest BCUT2D eigenvalue weighted by molar-refractivity contribution is 0.0741. The first kappa shape index (κ1) is 17.2. The summed E-state index contributed by atoms with van der Waals surface area (Å²) in [7, 11) is 0. The Hall–Kier alpha value is -2.63. The van der Waals surface area contributed by atoms with E-state index in [1.165, 1.54) is 6.07 Å². The fourth-order valence-electron chi connectivity index (χ4n) is 2.99. The van der Waals surface area contributed by atoms with Gasteiger partial charge in [0.15, 0.2) is 0 Å². The summed E-state index contributed by atoms with van der Waals surface area (Å²) < 4.78 is 13.9. The summed E-state index contributed by atoms with van der Waals surface area (Å²) in [6.07, 6.45) is 1.65. The summed E-state index contributed by atoms with van der Waals surface area (Å²) in [5, 5.41) is 3.28. The van der Waals surface area contributed by atoms with Crippen LogP contribution in [-0.4, -0.2) is 48.0 Å². The number of hydrogen-bond acceptors (Lipinski definition) is 4. The quantitative estimate of drug-likeness (QED) is 0.928. The zero-order valence-electron chi connectivity index (χ0n) is 14.6. The number of halogens is 1. The van der Waals surface area contributed by atoms with Crippen LogP contribution in [-0.2, 0) is 0 Å². The Morgan fingerprint density at radius 1 is 1.16 bits per heavy atom. The van der Waals surface area contributed by atoms with E-state index < -0.39 is 0 Å². The third-order valence-corrected chi connectivity index (χ3v) is 4.19. The van der Waals surface area contributed by atoms with E-state index in [1.807, 2.05) is 30.9 Å².